The fourth-order valence-electron chi connectivity index (χ4n) is 3.42. The molecule has 1 amide bonds. The molecule has 24 heavy (non-hydrogen) atoms. The van der Waals surface area contributed by atoms with Crippen LogP contribution in [0.3, 0.4) is 0 Å². The molecule has 2 aromatic carbocycles. The Labute approximate surface area is 144 Å². The Balaban J connectivity index is 1.71. The molecular formula is C21H26N2O. The number of aryl methyl sites for hydroxylation is 1. The van der Waals surface area contributed by atoms with E-state index in [2.05, 4.69) is 49.5 Å². The van der Waals surface area contributed by atoms with Crippen LogP contribution in [0.5, 0.6) is 0 Å². The van der Waals surface area contributed by atoms with Crippen molar-refractivity contribution < 1.29 is 4.79 Å². The third-order valence-electron chi connectivity index (χ3n) is 4.86. The highest BCUT2D eigenvalue weighted by atomic mass is 16.2. The van der Waals surface area contributed by atoms with Crippen LogP contribution < -0.4 is 10.2 Å². The van der Waals surface area contributed by atoms with E-state index in [0.29, 0.717) is 0 Å². The lowest BCUT2D eigenvalue weighted by Gasteiger charge is -2.26. The second-order valence-corrected chi connectivity index (χ2v) is 6.63. The molecule has 0 aromatic heterocycles. The molecule has 2 atom stereocenters. The van der Waals surface area contributed by atoms with Gasteiger partial charge in [-0.15, -0.1) is 0 Å². The monoisotopic (exact) mass is 322 g/mol. The number of hydrogen-bond acceptors (Lipinski definition) is 2. The van der Waals surface area contributed by atoms with Gasteiger partial charge in [-0.25, -0.2) is 0 Å². The third-order valence-corrected chi connectivity index (χ3v) is 4.86. The number of anilines is 1. The van der Waals surface area contributed by atoms with Gasteiger partial charge in [-0.1, -0.05) is 55.0 Å². The summed E-state index contributed by atoms with van der Waals surface area (Å²) in [5.41, 5.74) is 4.83. The molecule has 0 aliphatic carbocycles. The maximum absolute atomic E-state index is 12.9. The van der Waals surface area contributed by atoms with Crippen molar-refractivity contribution in [2.75, 3.05) is 11.4 Å². The minimum atomic E-state index is -0.206. The van der Waals surface area contributed by atoms with Crippen LogP contribution >= 0.6 is 0 Å². The summed E-state index contributed by atoms with van der Waals surface area (Å²) < 4.78 is 0. The first-order valence-corrected chi connectivity index (χ1v) is 8.82. The van der Waals surface area contributed by atoms with E-state index in [1.54, 1.807) is 0 Å². The van der Waals surface area contributed by atoms with E-state index >= 15 is 0 Å². The van der Waals surface area contributed by atoms with Crippen LogP contribution in [0.4, 0.5) is 5.69 Å². The van der Waals surface area contributed by atoms with Crippen molar-refractivity contribution in [1.82, 2.24) is 5.32 Å². The lowest BCUT2D eigenvalue weighted by Crippen LogP contribution is -2.45. The Morgan fingerprint density at radius 1 is 1.17 bits per heavy atom. The molecule has 0 fully saturated rings. The Kier molecular flexibility index (Phi) is 5.00. The normalized spacial score (nSPS) is 15.9. The standard InChI is InChI=1S/C21H26N2O/c1-4-19(17-11-9-15(2)10-12-17)22-16(3)21(24)23-14-13-18-7-5-6-8-20(18)23/h5-12,16,19,22H,4,13-14H2,1-3H3/t16-,19+/m0/s1. The van der Waals surface area contributed by atoms with E-state index < -0.39 is 0 Å². The van der Waals surface area contributed by atoms with Gasteiger partial charge < -0.3 is 4.90 Å². The highest BCUT2D eigenvalue weighted by Crippen LogP contribution is 2.28. The van der Waals surface area contributed by atoms with Crippen molar-refractivity contribution in [3.05, 3.63) is 65.2 Å². The van der Waals surface area contributed by atoms with Crippen molar-refractivity contribution in [1.29, 1.82) is 0 Å². The van der Waals surface area contributed by atoms with Gasteiger partial charge in [-0.05, 0) is 43.9 Å². The van der Waals surface area contributed by atoms with Gasteiger partial charge >= 0.3 is 0 Å². The molecule has 0 radical (unpaired) electrons. The smallest absolute Gasteiger partial charge is 0.243 e. The van der Waals surface area contributed by atoms with Crippen LogP contribution in [-0.4, -0.2) is 18.5 Å². The number of carbonyl (C=O) groups is 1. The SMILES string of the molecule is CC[C@@H](N[C@@H](C)C(=O)N1CCc2ccccc21)c1ccc(C)cc1. The molecule has 0 unspecified atom stereocenters. The number of hydrogen-bond donors (Lipinski definition) is 1. The van der Waals surface area contributed by atoms with Crippen LogP contribution in [0.25, 0.3) is 0 Å². The number of benzene rings is 2. The van der Waals surface area contributed by atoms with Crippen LogP contribution in [0.1, 0.15) is 43.0 Å². The summed E-state index contributed by atoms with van der Waals surface area (Å²) in [6.07, 6.45) is 1.90. The van der Waals surface area contributed by atoms with Gasteiger partial charge in [-0.3, -0.25) is 10.1 Å². The first-order chi connectivity index (χ1) is 11.6. The molecule has 0 spiro atoms. The van der Waals surface area contributed by atoms with E-state index in [9.17, 15) is 4.79 Å². The molecule has 3 heteroatoms. The topological polar surface area (TPSA) is 32.3 Å². The Hall–Kier alpha value is -2.13. The second kappa shape index (κ2) is 7.18. The maximum Gasteiger partial charge on any atom is 0.243 e. The molecule has 0 bridgehead atoms. The molecular weight excluding hydrogens is 296 g/mol. The highest BCUT2D eigenvalue weighted by Gasteiger charge is 2.28. The van der Waals surface area contributed by atoms with E-state index in [4.69, 9.17) is 0 Å². The summed E-state index contributed by atoms with van der Waals surface area (Å²) in [5.74, 6) is 0.158. The molecule has 1 aliphatic heterocycles. The average molecular weight is 322 g/mol. The zero-order chi connectivity index (χ0) is 17.1. The average Bonchev–Trinajstić information content (AvgIpc) is 3.03. The van der Waals surface area contributed by atoms with Gasteiger partial charge in [0.2, 0.25) is 5.91 Å². The Morgan fingerprint density at radius 3 is 2.58 bits per heavy atom. The number of fused-ring (bicyclic) bond motifs is 1. The molecule has 1 heterocycles. The number of rotatable bonds is 5. The Morgan fingerprint density at radius 2 is 1.88 bits per heavy atom. The molecule has 3 rings (SSSR count). The van der Waals surface area contributed by atoms with Crippen molar-refractivity contribution in [2.45, 2.75) is 45.7 Å². The summed E-state index contributed by atoms with van der Waals surface area (Å²) in [7, 11) is 0. The fraction of sp³-hybridized carbons (Fsp3) is 0.381. The maximum atomic E-state index is 12.9. The first kappa shape index (κ1) is 16.7. The first-order valence-electron chi connectivity index (χ1n) is 8.82. The number of amides is 1. The second-order valence-electron chi connectivity index (χ2n) is 6.63. The Bertz CT molecular complexity index is 708. The predicted molar refractivity (Wildman–Crippen MR) is 99.3 cm³/mol. The van der Waals surface area contributed by atoms with Crippen molar-refractivity contribution >= 4 is 11.6 Å². The highest BCUT2D eigenvalue weighted by molar-refractivity contribution is 5.98. The van der Waals surface area contributed by atoms with Gasteiger partial charge in [0.05, 0.1) is 6.04 Å². The number of carbonyl (C=O) groups excluding carboxylic acids is 1. The lowest BCUT2D eigenvalue weighted by molar-refractivity contribution is -0.120. The van der Waals surface area contributed by atoms with Gasteiger partial charge in [-0.2, -0.15) is 0 Å². The molecule has 2 aromatic rings. The molecule has 126 valence electrons. The van der Waals surface area contributed by atoms with Gasteiger partial charge in [0.25, 0.3) is 0 Å². The summed E-state index contributed by atoms with van der Waals surface area (Å²) >= 11 is 0. The van der Waals surface area contributed by atoms with Crippen LogP contribution in [0, 0.1) is 6.92 Å². The van der Waals surface area contributed by atoms with Crippen LogP contribution in [0.15, 0.2) is 48.5 Å². The molecule has 1 aliphatic rings. The molecule has 0 saturated heterocycles. The van der Waals surface area contributed by atoms with Crippen LogP contribution in [-0.2, 0) is 11.2 Å². The predicted octanol–water partition coefficient (Wildman–Crippen LogP) is 4.01. The quantitative estimate of drug-likeness (QED) is 0.902. The number of nitrogens with zero attached hydrogens (tertiary/aromatic N) is 1. The number of nitrogens with one attached hydrogen (secondary N) is 1. The fourth-order valence-corrected chi connectivity index (χ4v) is 3.42. The van der Waals surface area contributed by atoms with E-state index in [1.807, 2.05) is 30.0 Å². The van der Waals surface area contributed by atoms with E-state index in [0.717, 1.165) is 25.1 Å². The lowest BCUT2D eigenvalue weighted by atomic mass is 10.0. The molecule has 3 nitrogen and oxygen atoms in total. The molecule has 0 saturated carbocycles. The summed E-state index contributed by atoms with van der Waals surface area (Å²) in [6, 6.07) is 16.8. The van der Waals surface area contributed by atoms with Gasteiger partial charge in [0.15, 0.2) is 0 Å². The van der Waals surface area contributed by atoms with Crippen molar-refractivity contribution in [3.63, 3.8) is 0 Å². The van der Waals surface area contributed by atoms with Crippen molar-refractivity contribution in [2.24, 2.45) is 0 Å². The van der Waals surface area contributed by atoms with Gasteiger partial charge in [0, 0.05) is 18.3 Å². The van der Waals surface area contributed by atoms with E-state index in [1.165, 1.54) is 16.7 Å². The largest absolute Gasteiger partial charge is 0.310 e. The molecule has 1 N–H and O–H groups in total. The van der Waals surface area contributed by atoms with E-state index in [-0.39, 0.29) is 18.0 Å². The summed E-state index contributed by atoms with van der Waals surface area (Å²) in [5, 5.41) is 3.52. The zero-order valence-corrected chi connectivity index (χ0v) is 14.8. The minimum Gasteiger partial charge on any atom is -0.310 e. The zero-order valence-electron chi connectivity index (χ0n) is 14.8. The summed E-state index contributed by atoms with van der Waals surface area (Å²) in [4.78, 5) is 14.8. The van der Waals surface area contributed by atoms with Crippen molar-refractivity contribution in [3.8, 4) is 0 Å². The number of para-hydroxylation sites is 1. The van der Waals surface area contributed by atoms with Crippen LogP contribution in [0.2, 0.25) is 0 Å². The third kappa shape index (κ3) is 3.36. The summed E-state index contributed by atoms with van der Waals surface area (Å²) in [6.45, 7) is 7.00. The minimum absolute atomic E-state index is 0.158. The van der Waals surface area contributed by atoms with Gasteiger partial charge in [0.1, 0.15) is 0 Å².